The first-order valence-electron chi connectivity index (χ1n) is 6.95. The Bertz CT molecular complexity index is 659. The molecule has 1 heteroatoms. The number of para-hydroxylation sites is 1. The van der Waals surface area contributed by atoms with Crippen LogP contribution in [0.2, 0.25) is 0 Å². The van der Waals surface area contributed by atoms with Gasteiger partial charge in [-0.25, -0.2) is 0 Å². The van der Waals surface area contributed by atoms with E-state index in [1.807, 2.05) is 12.1 Å². The van der Waals surface area contributed by atoms with Crippen molar-refractivity contribution in [3.05, 3.63) is 72.0 Å². The summed E-state index contributed by atoms with van der Waals surface area (Å²) < 4.78 is 6.09. The number of hydrogen-bond donors (Lipinski definition) is 0. The van der Waals surface area contributed by atoms with Gasteiger partial charge in [0.25, 0.3) is 0 Å². The van der Waals surface area contributed by atoms with Crippen LogP contribution in [-0.2, 0) is 0 Å². The Hall–Kier alpha value is -2.02. The van der Waals surface area contributed by atoms with E-state index in [4.69, 9.17) is 4.42 Å². The van der Waals surface area contributed by atoms with Crippen LogP contribution in [0, 0.1) is 5.92 Å². The molecule has 0 radical (unpaired) electrons. The molecule has 1 atom stereocenters. The maximum atomic E-state index is 6.09. The summed E-state index contributed by atoms with van der Waals surface area (Å²) in [6.45, 7) is 0. The van der Waals surface area contributed by atoms with Crippen molar-refractivity contribution in [3.63, 3.8) is 0 Å². The van der Waals surface area contributed by atoms with E-state index < -0.39 is 0 Å². The van der Waals surface area contributed by atoms with Crippen LogP contribution in [0.3, 0.4) is 0 Å². The fourth-order valence-corrected chi connectivity index (χ4v) is 2.91. The molecule has 0 saturated heterocycles. The van der Waals surface area contributed by atoms with Crippen LogP contribution >= 0.6 is 0 Å². The van der Waals surface area contributed by atoms with E-state index in [-0.39, 0.29) is 0 Å². The Labute approximate surface area is 112 Å². The molecule has 1 heterocycles. The molecule has 19 heavy (non-hydrogen) atoms. The molecular formula is C18H16O. The minimum absolute atomic E-state index is 0.425. The molecule has 0 amide bonds. The van der Waals surface area contributed by atoms with Gasteiger partial charge in [-0.15, -0.1) is 0 Å². The lowest BCUT2D eigenvalue weighted by Gasteiger charge is -2.13. The zero-order valence-corrected chi connectivity index (χ0v) is 10.8. The smallest absolute Gasteiger partial charge is 0.134 e. The van der Waals surface area contributed by atoms with Gasteiger partial charge in [-0.3, -0.25) is 0 Å². The zero-order valence-electron chi connectivity index (χ0n) is 10.8. The highest BCUT2D eigenvalue weighted by molar-refractivity contribution is 5.78. The normalized spacial score (nSPS) is 16.6. The molecule has 0 N–H and O–H groups in total. The van der Waals surface area contributed by atoms with Gasteiger partial charge >= 0.3 is 0 Å². The van der Waals surface area contributed by atoms with Crippen molar-refractivity contribution in [1.29, 1.82) is 0 Å². The third-order valence-corrected chi connectivity index (χ3v) is 4.00. The summed E-state index contributed by atoms with van der Waals surface area (Å²) in [6, 6.07) is 21.2. The van der Waals surface area contributed by atoms with E-state index in [9.17, 15) is 0 Å². The molecule has 1 saturated carbocycles. The second-order valence-corrected chi connectivity index (χ2v) is 5.41. The highest BCUT2D eigenvalue weighted by Gasteiger charge is 2.35. The summed E-state index contributed by atoms with van der Waals surface area (Å²) >= 11 is 0. The van der Waals surface area contributed by atoms with Gasteiger partial charge in [-0.05, 0) is 36.5 Å². The predicted molar refractivity (Wildman–Crippen MR) is 77.2 cm³/mol. The minimum atomic E-state index is 0.425. The highest BCUT2D eigenvalue weighted by Crippen LogP contribution is 2.47. The molecule has 4 rings (SSSR count). The standard InChI is InChI=1S/C18H16O/c1-2-6-13(7-3-1)18(14-10-11-14)17-12-15-8-4-5-9-16(15)19-17/h1-9,12,14,18H,10-11H2. The largest absolute Gasteiger partial charge is 0.460 e. The topological polar surface area (TPSA) is 13.1 Å². The number of fused-ring (bicyclic) bond motifs is 1. The van der Waals surface area contributed by atoms with Gasteiger partial charge in [-0.1, -0.05) is 48.5 Å². The molecule has 0 bridgehead atoms. The van der Waals surface area contributed by atoms with Crippen molar-refractivity contribution in [1.82, 2.24) is 0 Å². The quantitative estimate of drug-likeness (QED) is 0.637. The van der Waals surface area contributed by atoms with E-state index in [1.54, 1.807) is 0 Å². The van der Waals surface area contributed by atoms with Crippen molar-refractivity contribution in [2.75, 3.05) is 0 Å². The first kappa shape index (κ1) is 10.9. The van der Waals surface area contributed by atoms with Crippen molar-refractivity contribution in [3.8, 4) is 0 Å². The Morgan fingerprint density at radius 1 is 0.895 bits per heavy atom. The van der Waals surface area contributed by atoms with Gasteiger partial charge < -0.3 is 4.42 Å². The number of furan rings is 1. The molecule has 1 aromatic heterocycles. The zero-order chi connectivity index (χ0) is 12.7. The summed E-state index contributed by atoms with van der Waals surface area (Å²) in [4.78, 5) is 0. The van der Waals surface area contributed by atoms with E-state index in [0.717, 1.165) is 17.3 Å². The van der Waals surface area contributed by atoms with Gasteiger partial charge in [0, 0.05) is 11.3 Å². The molecule has 3 aromatic rings. The van der Waals surface area contributed by atoms with Gasteiger partial charge in [0.1, 0.15) is 11.3 Å². The molecule has 1 aliphatic rings. The predicted octanol–water partition coefficient (Wildman–Crippen LogP) is 4.97. The van der Waals surface area contributed by atoms with Crippen LogP contribution in [0.4, 0.5) is 0 Å². The van der Waals surface area contributed by atoms with E-state index >= 15 is 0 Å². The van der Waals surface area contributed by atoms with Crippen LogP contribution in [0.15, 0.2) is 65.1 Å². The fraction of sp³-hybridized carbons (Fsp3) is 0.222. The van der Waals surface area contributed by atoms with Crippen LogP contribution in [0.5, 0.6) is 0 Å². The lowest BCUT2D eigenvalue weighted by molar-refractivity contribution is 0.495. The average Bonchev–Trinajstić information content (AvgIpc) is 3.19. The van der Waals surface area contributed by atoms with Crippen LogP contribution in [-0.4, -0.2) is 0 Å². The Kier molecular flexibility index (Phi) is 2.44. The van der Waals surface area contributed by atoms with Crippen LogP contribution in [0.1, 0.15) is 30.1 Å². The fourth-order valence-electron chi connectivity index (χ4n) is 2.91. The van der Waals surface area contributed by atoms with Crippen molar-refractivity contribution in [2.45, 2.75) is 18.8 Å². The first-order valence-corrected chi connectivity index (χ1v) is 6.95. The number of hydrogen-bond acceptors (Lipinski definition) is 1. The van der Waals surface area contributed by atoms with Gasteiger partial charge in [0.15, 0.2) is 0 Å². The van der Waals surface area contributed by atoms with Gasteiger partial charge in [-0.2, -0.15) is 0 Å². The lowest BCUT2D eigenvalue weighted by Crippen LogP contribution is -2.01. The SMILES string of the molecule is c1ccc(C(c2cc3ccccc3o2)C2CC2)cc1. The maximum absolute atomic E-state index is 6.09. The molecule has 2 aromatic carbocycles. The average molecular weight is 248 g/mol. The molecule has 94 valence electrons. The van der Waals surface area contributed by atoms with Crippen LogP contribution in [0.25, 0.3) is 11.0 Å². The monoisotopic (exact) mass is 248 g/mol. The van der Waals surface area contributed by atoms with Crippen molar-refractivity contribution >= 4 is 11.0 Å². The number of rotatable bonds is 3. The lowest BCUT2D eigenvalue weighted by atomic mass is 9.92. The molecule has 0 spiro atoms. The molecule has 1 fully saturated rings. The second kappa shape index (κ2) is 4.27. The molecule has 1 nitrogen and oxygen atoms in total. The first-order chi connectivity index (χ1) is 9.42. The van der Waals surface area contributed by atoms with E-state index in [0.29, 0.717) is 5.92 Å². The van der Waals surface area contributed by atoms with E-state index in [2.05, 4.69) is 48.5 Å². The van der Waals surface area contributed by atoms with Crippen molar-refractivity contribution in [2.24, 2.45) is 5.92 Å². The Morgan fingerprint density at radius 2 is 1.63 bits per heavy atom. The van der Waals surface area contributed by atoms with Gasteiger partial charge in [0.2, 0.25) is 0 Å². The van der Waals surface area contributed by atoms with Crippen molar-refractivity contribution < 1.29 is 4.42 Å². The molecule has 0 aliphatic heterocycles. The highest BCUT2D eigenvalue weighted by atomic mass is 16.3. The van der Waals surface area contributed by atoms with Crippen LogP contribution < -0.4 is 0 Å². The summed E-state index contributed by atoms with van der Waals surface area (Å²) in [7, 11) is 0. The summed E-state index contributed by atoms with van der Waals surface area (Å²) in [5.74, 6) is 2.30. The number of benzene rings is 2. The second-order valence-electron chi connectivity index (χ2n) is 5.41. The third kappa shape index (κ3) is 1.95. The maximum Gasteiger partial charge on any atom is 0.134 e. The molecular weight excluding hydrogens is 232 g/mol. The van der Waals surface area contributed by atoms with E-state index in [1.165, 1.54) is 23.8 Å². The molecule has 1 unspecified atom stereocenters. The molecule has 1 aliphatic carbocycles. The Balaban J connectivity index is 1.82. The van der Waals surface area contributed by atoms with Gasteiger partial charge in [0.05, 0.1) is 0 Å². The minimum Gasteiger partial charge on any atom is -0.460 e. The summed E-state index contributed by atoms with van der Waals surface area (Å²) in [6.07, 6.45) is 2.63. The third-order valence-electron chi connectivity index (χ3n) is 4.00. The summed E-state index contributed by atoms with van der Waals surface area (Å²) in [5, 5.41) is 1.21. The summed E-state index contributed by atoms with van der Waals surface area (Å²) in [5.41, 5.74) is 2.38. The Morgan fingerprint density at radius 3 is 2.37 bits per heavy atom.